The number of para-hydroxylation sites is 1. The van der Waals surface area contributed by atoms with Gasteiger partial charge in [-0.15, -0.1) is 11.6 Å². The Bertz CT molecular complexity index is 315. The van der Waals surface area contributed by atoms with E-state index in [0.717, 1.165) is 5.56 Å². The minimum Gasteiger partial charge on any atom is -0.490 e. The van der Waals surface area contributed by atoms with Gasteiger partial charge in [-0.2, -0.15) is 0 Å². The van der Waals surface area contributed by atoms with Crippen molar-refractivity contribution >= 4 is 11.6 Å². The van der Waals surface area contributed by atoms with Crippen molar-refractivity contribution in [2.75, 3.05) is 20.0 Å². The summed E-state index contributed by atoms with van der Waals surface area (Å²) in [5, 5.41) is 0. The Balaban J connectivity index is 2.81. The van der Waals surface area contributed by atoms with Crippen molar-refractivity contribution in [3.63, 3.8) is 0 Å². The van der Waals surface area contributed by atoms with Gasteiger partial charge in [0.1, 0.15) is 0 Å². The number of rotatable bonds is 7. The molecule has 0 radical (unpaired) electrons. The summed E-state index contributed by atoms with van der Waals surface area (Å²) < 4.78 is 16.1. The van der Waals surface area contributed by atoms with Gasteiger partial charge in [0.2, 0.25) is 0 Å². The Morgan fingerprint density at radius 3 is 2.56 bits per heavy atom. The second-order valence-corrected chi connectivity index (χ2v) is 3.33. The van der Waals surface area contributed by atoms with E-state index in [2.05, 4.69) is 0 Å². The largest absolute Gasteiger partial charge is 0.490 e. The van der Waals surface area contributed by atoms with Crippen LogP contribution in [-0.4, -0.2) is 20.0 Å². The molecule has 1 aromatic rings. The van der Waals surface area contributed by atoms with Gasteiger partial charge in [0.15, 0.2) is 18.3 Å². The Kier molecular flexibility index (Phi) is 6.04. The second kappa shape index (κ2) is 7.36. The van der Waals surface area contributed by atoms with Crippen LogP contribution in [0.2, 0.25) is 0 Å². The molecular weight excluding hydrogens is 228 g/mol. The van der Waals surface area contributed by atoms with Crippen LogP contribution < -0.4 is 9.47 Å². The van der Waals surface area contributed by atoms with Crippen LogP contribution in [0.3, 0.4) is 0 Å². The van der Waals surface area contributed by atoms with E-state index in [1.54, 1.807) is 0 Å². The average molecular weight is 245 g/mol. The third kappa shape index (κ3) is 3.58. The third-order valence-corrected chi connectivity index (χ3v) is 2.28. The lowest BCUT2D eigenvalue weighted by atomic mass is 10.2. The quantitative estimate of drug-likeness (QED) is 0.419. The van der Waals surface area contributed by atoms with Crippen LogP contribution in [0.5, 0.6) is 11.5 Å². The van der Waals surface area contributed by atoms with Crippen LogP contribution in [0, 0.1) is 0 Å². The monoisotopic (exact) mass is 244 g/mol. The summed E-state index contributed by atoms with van der Waals surface area (Å²) in [6.07, 6.45) is 0. The summed E-state index contributed by atoms with van der Waals surface area (Å²) in [7, 11) is 0. The molecule has 1 rings (SSSR count). The summed E-state index contributed by atoms with van der Waals surface area (Å²) in [6.45, 7) is 5.27. The van der Waals surface area contributed by atoms with Crippen molar-refractivity contribution in [2.24, 2.45) is 0 Å². The summed E-state index contributed by atoms with van der Waals surface area (Å²) >= 11 is 5.84. The molecule has 0 atom stereocenters. The number of hydrogen-bond acceptors (Lipinski definition) is 3. The maximum absolute atomic E-state index is 5.84. The minimum atomic E-state index is 0.213. The lowest BCUT2D eigenvalue weighted by Gasteiger charge is -2.14. The summed E-state index contributed by atoms with van der Waals surface area (Å²) in [5.41, 5.74) is 0.910. The number of hydrogen-bond donors (Lipinski definition) is 0. The highest BCUT2D eigenvalue weighted by molar-refractivity contribution is 6.17. The lowest BCUT2D eigenvalue weighted by Crippen LogP contribution is -2.06. The van der Waals surface area contributed by atoms with Crippen LogP contribution >= 0.6 is 11.6 Å². The molecule has 0 saturated carbocycles. The van der Waals surface area contributed by atoms with Crippen molar-refractivity contribution in [2.45, 2.75) is 19.7 Å². The average Bonchev–Trinajstić information content (AvgIpc) is 2.31. The summed E-state index contributed by atoms with van der Waals surface area (Å²) in [5.74, 6) is 1.77. The summed E-state index contributed by atoms with van der Waals surface area (Å²) in [6, 6.07) is 5.67. The van der Waals surface area contributed by atoms with Crippen LogP contribution in [0.25, 0.3) is 0 Å². The normalized spacial score (nSPS) is 10.2. The van der Waals surface area contributed by atoms with E-state index >= 15 is 0 Å². The maximum Gasteiger partial charge on any atom is 0.189 e. The predicted octanol–water partition coefficient (Wildman–Crippen LogP) is 3.20. The predicted molar refractivity (Wildman–Crippen MR) is 64.3 cm³/mol. The molecule has 0 amide bonds. The molecule has 1 aromatic carbocycles. The zero-order valence-electron chi connectivity index (χ0n) is 9.66. The zero-order valence-corrected chi connectivity index (χ0v) is 10.4. The van der Waals surface area contributed by atoms with E-state index in [4.69, 9.17) is 25.8 Å². The fraction of sp³-hybridized carbons (Fsp3) is 0.500. The van der Waals surface area contributed by atoms with Crippen molar-refractivity contribution < 1.29 is 14.2 Å². The molecule has 0 saturated heterocycles. The number of halogens is 1. The third-order valence-electron chi connectivity index (χ3n) is 1.99. The standard InChI is InChI=1S/C12H17ClO3/c1-3-14-9-16-12-10(8-13)6-5-7-11(12)15-4-2/h5-7H,3-4,8-9H2,1-2H3. The molecule has 16 heavy (non-hydrogen) atoms. The molecule has 90 valence electrons. The zero-order chi connectivity index (χ0) is 11.8. The van der Waals surface area contributed by atoms with Crippen molar-refractivity contribution in [1.29, 1.82) is 0 Å². The molecule has 3 nitrogen and oxygen atoms in total. The van der Waals surface area contributed by atoms with E-state index in [-0.39, 0.29) is 6.79 Å². The molecule has 0 fully saturated rings. The van der Waals surface area contributed by atoms with Crippen molar-refractivity contribution in [3.05, 3.63) is 23.8 Å². The van der Waals surface area contributed by atoms with Gasteiger partial charge < -0.3 is 14.2 Å². The molecule has 0 spiro atoms. The molecule has 0 unspecified atom stereocenters. The summed E-state index contributed by atoms with van der Waals surface area (Å²) in [4.78, 5) is 0. The fourth-order valence-corrected chi connectivity index (χ4v) is 1.49. The topological polar surface area (TPSA) is 27.7 Å². The first-order chi connectivity index (χ1) is 7.83. The van der Waals surface area contributed by atoms with Gasteiger partial charge in [-0.25, -0.2) is 0 Å². The van der Waals surface area contributed by atoms with Gasteiger partial charge in [0, 0.05) is 12.2 Å². The second-order valence-electron chi connectivity index (χ2n) is 3.07. The van der Waals surface area contributed by atoms with Crippen LogP contribution in [0.1, 0.15) is 19.4 Å². The molecular formula is C12H17ClO3. The first-order valence-corrected chi connectivity index (χ1v) is 5.88. The molecule has 0 heterocycles. The highest BCUT2D eigenvalue weighted by atomic mass is 35.5. The number of ether oxygens (including phenoxy) is 3. The number of benzene rings is 1. The van der Waals surface area contributed by atoms with Gasteiger partial charge in [-0.05, 0) is 19.9 Å². The first-order valence-electron chi connectivity index (χ1n) is 5.34. The molecule has 0 aromatic heterocycles. The van der Waals surface area contributed by atoms with Gasteiger partial charge in [0.05, 0.1) is 12.5 Å². The number of alkyl halides is 1. The minimum absolute atomic E-state index is 0.213. The Hall–Kier alpha value is -0.930. The molecule has 0 N–H and O–H groups in total. The van der Waals surface area contributed by atoms with Crippen molar-refractivity contribution in [1.82, 2.24) is 0 Å². The molecule has 0 aliphatic heterocycles. The van der Waals surface area contributed by atoms with E-state index in [9.17, 15) is 0 Å². The fourth-order valence-electron chi connectivity index (χ4n) is 1.28. The van der Waals surface area contributed by atoms with E-state index < -0.39 is 0 Å². The molecule has 0 aliphatic rings. The van der Waals surface area contributed by atoms with Gasteiger partial charge >= 0.3 is 0 Å². The first kappa shape index (κ1) is 13.1. The van der Waals surface area contributed by atoms with Gasteiger partial charge in [-0.3, -0.25) is 0 Å². The Morgan fingerprint density at radius 2 is 1.94 bits per heavy atom. The van der Waals surface area contributed by atoms with E-state index in [1.807, 2.05) is 32.0 Å². The lowest BCUT2D eigenvalue weighted by molar-refractivity contribution is 0.0201. The Labute approximate surface area is 101 Å². The van der Waals surface area contributed by atoms with E-state index in [0.29, 0.717) is 30.6 Å². The van der Waals surface area contributed by atoms with E-state index in [1.165, 1.54) is 0 Å². The smallest absolute Gasteiger partial charge is 0.189 e. The Morgan fingerprint density at radius 1 is 1.12 bits per heavy atom. The maximum atomic E-state index is 5.84. The molecule has 4 heteroatoms. The van der Waals surface area contributed by atoms with Gasteiger partial charge in [-0.1, -0.05) is 12.1 Å². The highest BCUT2D eigenvalue weighted by Crippen LogP contribution is 2.32. The van der Waals surface area contributed by atoms with Crippen LogP contribution in [0.4, 0.5) is 0 Å². The van der Waals surface area contributed by atoms with Crippen LogP contribution in [0.15, 0.2) is 18.2 Å². The van der Waals surface area contributed by atoms with Crippen LogP contribution in [-0.2, 0) is 10.6 Å². The SMILES string of the molecule is CCOCOc1c(CCl)cccc1OCC. The highest BCUT2D eigenvalue weighted by Gasteiger charge is 2.09. The molecule has 0 aliphatic carbocycles. The molecule has 0 bridgehead atoms. The van der Waals surface area contributed by atoms with Crippen molar-refractivity contribution in [3.8, 4) is 11.5 Å². The van der Waals surface area contributed by atoms with Gasteiger partial charge in [0.25, 0.3) is 0 Å².